The molecule has 2 amide bonds. The lowest BCUT2D eigenvalue weighted by Gasteiger charge is -2.49. The Morgan fingerprint density at radius 1 is 1.44 bits per heavy atom. The number of thioether (sulfide) groups is 2. The number of thiazole rings is 1. The quantitative estimate of drug-likeness (QED) is 0.131. The number of aliphatic carboxylic acids is 1. The Balaban J connectivity index is 1.49. The number of carboxylic acids is 1. The van der Waals surface area contributed by atoms with Crippen LogP contribution in [0.5, 0.6) is 0 Å². The molecule has 0 spiro atoms. The highest BCUT2D eigenvalue weighted by Gasteiger charge is 2.54. The number of aromatic nitrogens is 2. The number of pyridine rings is 1. The van der Waals surface area contributed by atoms with Crippen molar-refractivity contribution in [1.82, 2.24) is 15.2 Å². The van der Waals surface area contributed by atoms with Crippen molar-refractivity contribution in [3.8, 4) is 0 Å². The highest BCUT2D eigenvalue weighted by molar-refractivity contribution is 8.06. The van der Waals surface area contributed by atoms with Crippen LogP contribution in [0.25, 0.3) is 0 Å². The normalized spacial score (nSPS) is 19.6. The minimum absolute atomic E-state index is 0.0321. The number of nitrogens with one attached hydrogen (secondary N) is 1. The first-order valence-corrected chi connectivity index (χ1v) is 13.9. The number of anilines is 1. The SMILES string of the molecule is CCC[n+]1ccccc1SCC1=C(C(=O)O)N2C(=O)[C@@H](NC(=O)C(=NOC)c3csc(N)n3)[C@H]2CS1. The Kier molecular flexibility index (Phi) is 8.16. The molecule has 0 saturated carbocycles. The smallest absolute Gasteiger partial charge is 0.353 e. The van der Waals surface area contributed by atoms with Crippen molar-refractivity contribution in [2.75, 3.05) is 24.3 Å². The fourth-order valence-electron chi connectivity index (χ4n) is 3.93. The highest BCUT2D eigenvalue weighted by atomic mass is 32.2. The van der Waals surface area contributed by atoms with Crippen LogP contribution in [-0.2, 0) is 25.8 Å². The third kappa shape index (κ3) is 5.20. The summed E-state index contributed by atoms with van der Waals surface area (Å²) in [5.41, 5.74) is 5.73. The number of β-lactam (4-membered cyclic amide) rings is 1. The first-order valence-electron chi connectivity index (χ1n) is 11.0. The predicted octanol–water partition coefficient (Wildman–Crippen LogP) is 1.30. The summed E-state index contributed by atoms with van der Waals surface area (Å²) in [5.74, 6) is -1.44. The molecule has 2 aromatic rings. The van der Waals surface area contributed by atoms with E-state index in [9.17, 15) is 19.5 Å². The molecule has 2 aliphatic rings. The molecule has 4 heterocycles. The van der Waals surface area contributed by atoms with Crippen LogP contribution in [0.2, 0.25) is 0 Å². The van der Waals surface area contributed by atoms with Crippen molar-refractivity contribution < 1.29 is 28.9 Å². The number of hydrogen-bond donors (Lipinski definition) is 3. The molecule has 2 atom stereocenters. The maximum atomic E-state index is 13.0. The summed E-state index contributed by atoms with van der Waals surface area (Å²) in [4.78, 5) is 48.8. The fraction of sp³-hybridized carbons (Fsp3) is 0.364. The molecule has 14 heteroatoms. The van der Waals surface area contributed by atoms with Gasteiger partial charge in [0.25, 0.3) is 11.8 Å². The minimum atomic E-state index is -1.17. The fourth-order valence-corrected chi connectivity index (χ4v) is 6.93. The summed E-state index contributed by atoms with van der Waals surface area (Å²) in [6.45, 7) is 2.95. The number of nitrogens with two attached hydrogens (primary N) is 1. The highest BCUT2D eigenvalue weighted by Crippen LogP contribution is 2.40. The second kappa shape index (κ2) is 11.3. The van der Waals surface area contributed by atoms with Crippen LogP contribution >= 0.6 is 34.9 Å². The minimum Gasteiger partial charge on any atom is -0.477 e. The van der Waals surface area contributed by atoms with Gasteiger partial charge in [-0.1, -0.05) is 23.8 Å². The lowest BCUT2D eigenvalue weighted by molar-refractivity contribution is -0.732. The summed E-state index contributed by atoms with van der Waals surface area (Å²) in [6.07, 6.45) is 2.97. The van der Waals surface area contributed by atoms with E-state index in [0.717, 1.165) is 29.3 Å². The summed E-state index contributed by atoms with van der Waals surface area (Å²) in [6, 6.07) is 4.52. The van der Waals surface area contributed by atoms with Crippen molar-refractivity contribution in [3.63, 3.8) is 0 Å². The molecule has 0 bridgehead atoms. The molecule has 2 aromatic heterocycles. The number of aryl methyl sites for hydroxylation is 1. The Labute approximate surface area is 219 Å². The van der Waals surface area contributed by atoms with Gasteiger partial charge in [-0.15, -0.1) is 23.1 Å². The van der Waals surface area contributed by atoms with Gasteiger partial charge in [0.05, 0.1) is 6.04 Å². The number of fused-ring (bicyclic) bond motifs is 1. The largest absolute Gasteiger partial charge is 0.477 e. The molecule has 2 aliphatic heterocycles. The molecule has 0 radical (unpaired) electrons. The van der Waals surface area contributed by atoms with E-state index in [1.165, 1.54) is 35.5 Å². The first-order chi connectivity index (χ1) is 17.3. The number of carbonyl (C=O) groups excluding carboxylic acids is 2. The van der Waals surface area contributed by atoms with Crippen molar-refractivity contribution in [2.24, 2.45) is 5.16 Å². The van der Waals surface area contributed by atoms with Gasteiger partial charge in [-0.2, -0.15) is 4.57 Å². The van der Waals surface area contributed by atoms with Crippen molar-refractivity contribution in [3.05, 3.63) is 46.1 Å². The van der Waals surface area contributed by atoms with Crippen LogP contribution in [-0.4, -0.2) is 69.2 Å². The molecular formula is C22H25N6O5S3+. The summed E-state index contributed by atoms with van der Waals surface area (Å²) >= 11 is 4.07. The van der Waals surface area contributed by atoms with Crippen LogP contribution in [0.1, 0.15) is 19.0 Å². The molecule has 4 N–H and O–H groups in total. The van der Waals surface area contributed by atoms with Gasteiger partial charge in [-0.05, 0) is 6.07 Å². The maximum absolute atomic E-state index is 13.0. The van der Waals surface area contributed by atoms with Crippen LogP contribution in [0, 0.1) is 0 Å². The number of nitrogens with zero attached hydrogens (tertiary/aromatic N) is 4. The lowest BCUT2D eigenvalue weighted by Crippen LogP contribution is -2.73. The van der Waals surface area contributed by atoms with Crippen LogP contribution in [0.4, 0.5) is 5.13 Å². The third-order valence-corrected chi connectivity index (χ3v) is 8.67. The van der Waals surface area contributed by atoms with Gasteiger partial charge in [0.1, 0.15) is 31.1 Å². The second-order valence-electron chi connectivity index (χ2n) is 7.83. The molecule has 1 fully saturated rings. The lowest BCUT2D eigenvalue weighted by atomic mass is 9.94. The zero-order valence-electron chi connectivity index (χ0n) is 19.5. The Bertz CT molecular complexity index is 1250. The van der Waals surface area contributed by atoms with E-state index in [-0.39, 0.29) is 22.2 Å². The second-order valence-corrected chi connectivity index (χ2v) is 10.8. The number of nitrogen functional groups attached to an aromatic ring is 1. The molecule has 36 heavy (non-hydrogen) atoms. The molecule has 1 saturated heterocycles. The molecule has 11 nitrogen and oxygen atoms in total. The van der Waals surface area contributed by atoms with E-state index in [0.29, 0.717) is 16.4 Å². The Morgan fingerprint density at radius 3 is 2.92 bits per heavy atom. The zero-order chi connectivity index (χ0) is 25.8. The third-order valence-electron chi connectivity index (χ3n) is 5.52. The monoisotopic (exact) mass is 549 g/mol. The zero-order valence-corrected chi connectivity index (χ0v) is 22.0. The molecule has 0 aromatic carbocycles. The van der Waals surface area contributed by atoms with E-state index >= 15 is 0 Å². The number of rotatable bonds is 10. The Morgan fingerprint density at radius 2 is 2.25 bits per heavy atom. The number of carbonyl (C=O) groups is 3. The number of amides is 2. The van der Waals surface area contributed by atoms with Gasteiger partial charge in [-0.3, -0.25) is 14.5 Å². The van der Waals surface area contributed by atoms with Gasteiger partial charge in [-0.25, -0.2) is 9.78 Å². The van der Waals surface area contributed by atoms with Gasteiger partial charge in [0, 0.05) is 40.3 Å². The topological polar surface area (TPSA) is 151 Å². The van der Waals surface area contributed by atoms with Crippen molar-refractivity contribution >= 4 is 63.5 Å². The summed E-state index contributed by atoms with van der Waals surface area (Å²) < 4.78 is 2.12. The van der Waals surface area contributed by atoms with E-state index in [4.69, 9.17) is 10.6 Å². The average molecular weight is 550 g/mol. The number of hydrogen-bond acceptors (Lipinski definition) is 10. The van der Waals surface area contributed by atoms with E-state index in [2.05, 4.69) is 26.9 Å². The Hall–Kier alpha value is -3.10. The van der Waals surface area contributed by atoms with Crippen LogP contribution < -0.4 is 15.6 Å². The van der Waals surface area contributed by atoms with Crippen LogP contribution in [0.15, 0.2) is 50.6 Å². The summed E-state index contributed by atoms with van der Waals surface area (Å²) in [7, 11) is 1.29. The standard InChI is InChI=1S/C22H24N6O5S3/c1-3-7-27-8-5-4-6-15(27)35-11-14-18(21(31)32)28-13(10-34-14)17(20(28)30)25-19(29)16(26-33-2)12-9-36-22(23)24-12/h4-6,8-9,13,17H,3,7,10-11H2,1-2H3,(H3-,23,24,25,29,31,32)/p+1/t13-,17+/m1/s1. The van der Waals surface area contributed by atoms with E-state index < -0.39 is 29.9 Å². The van der Waals surface area contributed by atoms with Crippen LogP contribution in [0.3, 0.4) is 0 Å². The molecule has 190 valence electrons. The maximum Gasteiger partial charge on any atom is 0.353 e. The average Bonchev–Trinajstić information content (AvgIpc) is 3.30. The molecule has 0 unspecified atom stereocenters. The van der Waals surface area contributed by atoms with Gasteiger partial charge >= 0.3 is 5.97 Å². The summed E-state index contributed by atoms with van der Waals surface area (Å²) in [5, 5.41) is 19.2. The van der Waals surface area contributed by atoms with Gasteiger partial charge < -0.3 is 21.0 Å². The van der Waals surface area contributed by atoms with E-state index in [1.807, 2.05) is 24.4 Å². The molecule has 4 rings (SSSR count). The predicted molar refractivity (Wildman–Crippen MR) is 137 cm³/mol. The van der Waals surface area contributed by atoms with Crippen molar-refractivity contribution in [1.29, 1.82) is 0 Å². The first kappa shape index (κ1) is 26.0. The molecule has 0 aliphatic carbocycles. The van der Waals surface area contributed by atoms with Crippen molar-refractivity contribution in [2.45, 2.75) is 37.0 Å². The number of carboxylic acid groups (broad SMARTS) is 1. The van der Waals surface area contributed by atoms with E-state index in [1.54, 1.807) is 5.38 Å². The number of oxime groups is 1. The van der Waals surface area contributed by atoms with Gasteiger partial charge in [0.2, 0.25) is 5.03 Å². The van der Waals surface area contributed by atoms with Gasteiger partial charge in [0.15, 0.2) is 17.0 Å². The molecular weight excluding hydrogens is 524 g/mol.